The van der Waals surface area contributed by atoms with E-state index in [0.717, 1.165) is 27.1 Å². The van der Waals surface area contributed by atoms with Gasteiger partial charge >= 0.3 is 0 Å². The second-order valence-corrected chi connectivity index (χ2v) is 5.44. The fourth-order valence-corrected chi connectivity index (χ4v) is 2.30. The highest BCUT2D eigenvalue weighted by molar-refractivity contribution is 9.10. The lowest BCUT2D eigenvalue weighted by Crippen LogP contribution is -2.09. The van der Waals surface area contributed by atoms with E-state index in [1.54, 1.807) is 7.11 Å². The summed E-state index contributed by atoms with van der Waals surface area (Å²) in [5, 5.41) is 0. The van der Waals surface area contributed by atoms with Crippen molar-refractivity contribution >= 4 is 33.1 Å². The molecule has 0 atom stereocenters. The van der Waals surface area contributed by atoms with Crippen LogP contribution in [0.25, 0.3) is 0 Å². The highest BCUT2D eigenvalue weighted by atomic mass is 79.9. The van der Waals surface area contributed by atoms with Crippen LogP contribution in [0.15, 0.2) is 46.9 Å². The molecule has 5 heteroatoms. The molecule has 0 heterocycles. The predicted octanol–water partition coefficient (Wildman–Crippen LogP) is 3.67. The van der Waals surface area contributed by atoms with Gasteiger partial charge in [0, 0.05) is 5.56 Å². The molecule has 0 radical (unpaired) electrons. The van der Waals surface area contributed by atoms with Gasteiger partial charge in [-0.05, 0) is 45.8 Å². The summed E-state index contributed by atoms with van der Waals surface area (Å²) >= 11 is 8.42. The summed E-state index contributed by atoms with van der Waals surface area (Å²) < 4.78 is 11.8. The Bertz CT molecular complexity index is 631. The average molecular weight is 352 g/mol. The lowest BCUT2D eigenvalue weighted by Gasteiger charge is -2.10. The van der Waals surface area contributed by atoms with Crippen LogP contribution in [0.5, 0.6) is 11.5 Å². The largest absolute Gasteiger partial charge is 0.497 e. The molecule has 0 spiro atoms. The maximum Gasteiger partial charge on any atom is 0.134 e. The first kappa shape index (κ1) is 14.8. The van der Waals surface area contributed by atoms with E-state index < -0.39 is 0 Å². The molecule has 0 fully saturated rings. The van der Waals surface area contributed by atoms with Crippen LogP contribution in [0.1, 0.15) is 11.1 Å². The van der Waals surface area contributed by atoms with Crippen molar-refractivity contribution < 1.29 is 9.47 Å². The monoisotopic (exact) mass is 351 g/mol. The lowest BCUT2D eigenvalue weighted by atomic mass is 10.1. The summed E-state index contributed by atoms with van der Waals surface area (Å²) in [6.07, 6.45) is 0. The lowest BCUT2D eigenvalue weighted by molar-refractivity contribution is 0.303. The molecule has 0 saturated heterocycles. The van der Waals surface area contributed by atoms with Gasteiger partial charge in [0.1, 0.15) is 23.1 Å². The first-order valence-electron chi connectivity index (χ1n) is 5.95. The van der Waals surface area contributed by atoms with Gasteiger partial charge in [0.15, 0.2) is 0 Å². The molecule has 0 aliphatic carbocycles. The molecule has 0 saturated carbocycles. The molecule has 0 aliphatic rings. The first-order chi connectivity index (χ1) is 9.60. The molecule has 2 N–H and O–H groups in total. The minimum atomic E-state index is 0.387. The van der Waals surface area contributed by atoms with Crippen molar-refractivity contribution in [2.75, 3.05) is 7.11 Å². The van der Waals surface area contributed by atoms with E-state index in [1.807, 2.05) is 42.5 Å². The van der Waals surface area contributed by atoms with Gasteiger partial charge in [-0.1, -0.05) is 30.4 Å². The van der Waals surface area contributed by atoms with Crippen LogP contribution >= 0.6 is 28.1 Å². The number of methoxy groups -OCH3 is 1. The minimum absolute atomic E-state index is 0.387. The maximum atomic E-state index is 5.77. The molecule has 0 unspecified atom stereocenters. The second kappa shape index (κ2) is 6.72. The van der Waals surface area contributed by atoms with E-state index in [0.29, 0.717) is 11.6 Å². The van der Waals surface area contributed by atoms with Crippen molar-refractivity contribution in [1.29, 1.82) is 0 Å². The van der Waals surface area contributed by atoms with Crippen LogP contribution in [0.3, 0.4) is 0 Å². The molecular formula is C15H14BrNO2S. The van der Waals surface area contributed by atoms with Gasteiger partial charge in [0.2, 0.25) is 0 Å². The number of hydrogen-bond acceptors (Lipinski definition) is 3. The van der Waals surface area contributed by atoms with Crippen molar-refractivity contribution in [3.63, 3.8) is 0 Å². The van der Waals surface area contributed by atoms with E-state index in [9.17, 15) is 0 Å². The third-order valence-electron chi connectivity index (χ3n) is 2.74. The van der Waals surface area contributed by atoms with Crippen LogP contribution in [-0.2, 0) is 6.61 Å². The Hall–Kier alpha value is -1.59. The molecule has 3 nitrogen and oxygen atoms in total. The van der Waals surface area contributed by atoms with Gasteiger partial charge in [0.05, 0.1) is 11.6 Å². The SMILES string of the molecule is COc1ccc(OCc2cccc(C(N)=S)c2)c(Br)c1. The number of ether oxygens (including phenoxy) is 2. The quantitative estimate of drug-likeness (QED) is 0.834. The van der Waals surface area contributed by atoms with Gasteiger partial charge < -0.3 is 15.2 Å². The number of benzene rings is 2. The Morgan fingerprint density at radius 2 is 2.05 bits per heavy atom. The number of rotatable bonds is 5. The topological polar surface area (TPSA) is 44.5 Å². The standard InChI is InChI=1S/C15H14BrNO2S/c1-18-12-5-6-14(13(16)8-12)19-9-10-3-2-4-11(7-10)15(17)20/h2-8H,9H2,1H3,(H2,17,20). The summed E-state index contributed by atoms with van der Waals surface area (Å²) in [5.41, 5.74) is 7.47. The van der Waals surface area contributed by atoms with Gasteiger partial charge in [-0.15, -0.1) is 0 Å². The molecule has 2 aromatic carbocycles. The summed E-state index contributed by atoms with van der Waals surface area (Å²) in [5.74, 6) is 1.53. The zero-order chi connectivity index (χ0) is 14.5. The number of nitrogens with two attached hydrogens (primary N) is 1. The van der Waals surface area contributed by atoms with E-state index in [2.05, 4.69) is 15.9 Å². The van der Waals surface area contributed by atoms with Gasteiger partial charge in [-0.2, -0.15) is 0 Å². The molecule has 20 heavy (non-hydrogen) atoms. The van der Waals surface area contributed by atoms with Crippen molar-refractivity contribution in [2.24, 2.45) is 5.73 Å². The van der Waals surface area contributed by atoms with Crippen LogP contribution in [-0.4, -0.2) is 12.1 Å². The molecule has 0 bridgehead atoms. The third kappa shape index (κ3) is 3.71. The highest BCUT2D eigenvalue weighted by Gasteiger charge is 2.04. The Kier molecular flexibility index (Phi) is 4.98. The smallest absolute Gasteiger partial charge is 0.134 e. The molecule has 0 aromatic heterocycles. The molecular weight excluding hydrogens is 338 g/mol. The van der Waals surface area contributed by atoms with Gasteiger partial charge in [0.25, 0.3) is 0 Å². The van der Waals surface area contributed by atoms with Gasteiger partial charge in [-0.25, -0.2) is 0 Å². The first-order valence-corrected chi connectivity index (χ1v) is 7.15. The number of thiocarbonyl (C=S) groups is 1. The minimum Gasteiger partial charge on any atom is -0.497 e. The summed E-state index contributed by atoms with van der Waals surface area (Å²) in [7, 11) is 1.63. The van der Waals surface area contributed by atoms with Gasteiger partial charge in [-0.3, -0.25) is 0 Å². The van der Waals surface area contributed by atoms with Crippen molar-refractivity contribution in [2.45, 2.75) is 6.61 Å². The average Bonchev–Trinajstić information content (AvgIpc) is 2.46. The van der Waals surface area contributed by atoms with Crippen molar-refractivity contribution in [3.05, 3.63) is 58.1 Å². The number of hydrogen-bond donors (Lipinski definition) is 1. The summed E-state index contributed by atoms with van der Waals surface area (Å²) in [4.78, 5) is 0.387. The Morgan fingerprint density at radius 3 is 2.70 bits per heavy atom. The van der Waals surface area contributed by atoms with Crippen LogP contribution in [0.4, 0.5) is 0 Å². The third-order valence-corrected chi connectivity index (χ3v) is 3.60. The maximum absolute atomic E-state index is 5.77. The van der Waals surface area contributed by atoms with E-state index >= 15 is 0 Å². The summed E-state index contributed by atoms with van der Waals surface area (Å²) in [6, 6.07) is 13.3. The van der Waals surface area contributed by atoms with E-state index in [-0.39, 0.29) is 0 Å². The van der Waals surface area contributed by atoms with E-state index in [4.69, 9.17) is 27.4 Å². The van der Waals surface area contributed by atoms with Crippen LogP contribution in [0, 0.1) is 0 Å². The number of halogens is 1. The van der Waals surface area contributed by atoms with Crippen molar-refractivity contribution in [1.82, 2.24) is 0 Å². The zero-order valence-electron chi connectivity index (χ0n) is 10.9. The van der Waals surface area contributed by atoms with Crippen LogP contribution in [0.2, 0.25) is 0 Å². The second-order valence-electron chi connectivity index (χ2n) is 4.15. The van der Waals surface area contributed by atoms with E-state index in [1.165, 1.54) is 0 Å². The fraction of sp³-hybridized carbons (Fsp3) is 0.133. The fourth-order valence-electron chi connectivity index (χ4n) is 1.70. The normalized spacial score (nSPS) is 10.1. The molecule has 2 rings (SSSR count). The molecule has 2 aromatic rings. The Morgan fingerprint density at radius 1 is 1.25 bits per heavy atom. The Balaban J connectivity index is 2.09. The predicted molar refractivity (Wildman–Crippen MR) is 87.4 cm³/mol. The zero-order valence-corrected chi connectivity index (χ0v) is 13.3. The Labute approximate surface area is 131 Å². The highest BCUT2D eigenvalue weighted by Crippen LogP contribution is 2.29. The van der Waals surface area contributed by atoms with Crippen LogP contribution < -0.4 is 15.2 Å². The molecule has 0 amide bonds. The van der Waals surface area contributed by atoms with Crippen molar-refractivity contribution in [3.8, 4) is 11.5 Å². The molecule has 104 valence electrons. The molecule has 0 aliphatic heterocycles. The summed E-state index contributed by atoms with van der Waals surface area (Å²) in [6.45, 7) is 0.446.